The third-order valence-corrected chi connectivity index (χ3v) is 14.1. The van der Waals surface area contributed by atoms with Crippen molar-refractivity contribution in [2.24, 2.45) is 17.2 Å². The van der Waals surface area contributed by atoms with Crippen molar-refractivity contribution in [3.8, 4) is 0 Å². The van der Waals surface area contributed by atoms with Crippen LogP contribution >= 0.6 is 61.5 Å². The summed E-state index contributed by atoms with van der Waals surface area (Å²) in [6.45, 7) is 12.9. The number of oxazole rings is 3. The number of amides is 3. The fraction of sp³-hybridized carbons (Fsp3) is 0.338. The van der Waals surface area contributed by atoms with Crippen molar-refractivity contribution < 1.29 is 56.9 Å². The molecule has 0 saturated heterocycles. The molecule has 0 aliphatic rings. The molecule has 32 heteroatoms. The number of nitro benzene ring substituents is 4. The number of Topliss-reactive ketones (excluding diaryl/α,β-unsaturated/α-hetero) is 1. The highest BCUT2D eigenvalue weighted by Gasteiger charge is 2.25. The Morgan fingerprint density at radius 3 is 1.23 bits per heavy atom. The third-order valence-electron chi connectivity index (χ3n) is 13.3. The predicted octanol–water partition coefficient (Wildman–Crippen LogP) is 13.2. The average molecular weight is 1560 g/mol. The van der Waals surface area contributed by atoms with Crippen molar-refractivity contribution in [3.63, 3.8) is 0 Å². The molecule has 0 aliphatic carbocycles. The number of hydrogen-bond donors (Lipinski definition) is 5. The van der Waals surface area contributed by atoms with Crippen molar-refractivity contribution in [2.45, 2.75) is 136 Å². The van der Waals surface area contributed by atoms with E-state index in [9.17, 15) is 59.6 Å². The van der Waals surface area contributed by atoms with E-state index in [1.54, 1.807) is 94.2 Å². The molecule has 0 aliphatic heterocycles. The first-order chi connectivity index (χ1) is 45.0. The van der Waals surface area contributed by atoms with Crippen molar-refractivity contribution in [2.75, 3.05) is 5.33 Å². The number of halogens is 4. The van der Waals surface area contributed by atoms with Crippen LogP contribution in [0.5, 0.6) is 0 Å². The SMILES string of the molecule is Br.Br.CC(C)(C)OC(=O)N[C@@H](Cc1ccc([N+](=O)[O-])cc1)C(N)=O.CCC(=O)CBr.CCc1coc([C@@H](N)Cc2ccc([N+](=O)[O-])cc2)n1.CCc1coc([C@@H](N)Cc2ccc([N+](=O)[O-])cc2)n1.CCc1coc([C@H](Cc2ccc([N+](=O)[O-])cc2)NC(=O)Cc2cccc(Cl)c2)n1. The van der Waals surface area contributed by atoms with Gasteiger partial charge in [0.25, 0.3) is 22.7 Å². The van der Waals surface area contributed by atoms with Crippen molar-refractivity contribution in [3.05, 3.63) is 248 Å². The number of rotatable bonds is 25. The van der Waals surface area contributed by atoms with Crippen LogP contribution in [-0.2, 0) is 70.5 Å². The van der Waals surface area contributed by atoms with Gasteiger partial charge >= 0.3 is 6.09 Å². The standard InChI is InChI=1S/C21H20ClN3O4.C14H19N3O5.2C13H15N3O3.C4H7BrO.2BrH/c1-2-17-13-29-21(23-17)19(11-14-6-8-18(9-7-14)25(27)28)24-20(26)12-15-4-3-5-16(22)10-15;1-14(2,3)22-13(19)16-11(12(15)18)8-9-4-6-10(7-5-9)17(20)21;2*1-2-10-8-19-13(15-10)12(14)7-9-3-5-11(6-4-9)16(17)18;1-2-4(6)3-5;;/h3-10,13,19H,2,11-12H2,1H3,(H,24,26);4-7,11H,8H2,1-3H3,(H2,15,18)(H,16,19);2*3-6,8,12H,2,7,14H2,1H3;2-3H2,1H3;2*1H/t19-;11-;2*12-;;;/m0000.../s1. The Hall–Kier alpha value is -9.14. The molecule has 0 saturated carbocycles. The molecule has 3 amide bonds. The van der Waals surface area contributed by atoms with Gasteiger partial charge < -0.3 is 45.8 Å². The molecular weight excluding hydrogens is 1480 g/mol. The minimum Gasteiger partial charge on any atom is -0.447 e. The monoisotopic (exact) mass is 1550 g/mol. The number of carbonyl (C=O) groups excluding carboxylic acids is 4. The molecule has 0 fully saturated rings. The molecule has 522 valence electrons. The maximum absolute atomic E-state index is 12.6. The minimum absolute atomic E-state index is 0. The van der Waals surface area contributed by atoms with Crippen LogP contribution in [0.3, 0.4) is 0 Å². The molecule has 4 atom stereocenters. The number of non-ortho nitro benzene ring substituents is 4. The van der Waals surface area contributed by atoms with Gasteiger partial charge in [0.2, 0.25) is 29.5 Å². The van der Waals surface area contributed by atoms with Crippen LogP contribution in [0.4, 0.5) is 27.5 Å². The normalized spacial score (nSPS) is 11.7. The molecule has 97 heavy (non-hydrogen) atoms. The quantitative estimate of drug-likeness (QED) is 0.0201. The first-order valence-corrected chi connectivity index (χ1v) is 31.2. The molecule has 3 aromatic heterocycles. The van der Waals surface area contributed by atoms with E-state index >= 15 is 0 Å². The summed E-state index contributed by atoms with van der Waals surface area (Å²) < 4.78 is 21.2. The lowest BCUT2D eigenvalue weighted by molar-refractivity contribution is -0.385. The van der Waals surface area contributed by atoms with E-state index in [1.165, 1.54) is 60.7 Å². The number of aromatic nitrogens is 3. The molecule has 0 unspecified atom stereocenters. The average Bonchev–Trinajstić information content (AvgIpc) is 1.72. The van der Waals surface area contributed by atoms with Crippen molar-refractivity contribution >= 4 is 108 Å². The number of ether oxygens (including phenoxy) is 1. The summed E-state index contributed by atoms with van der Waals surface area (Å²) in [5, 5.41) is 48.9. The number of nitro groups is 4. The van der Waals surface area contributed by atoms with Gasteiger partial charge in [-0.3, -0.25) is 54.8 Å². The number of alkyl halides is 1. The second-order valence-corrected chi connectivity index (χ2v) is 22.9. The largest absolute Gasteiger partial charge is 0.447 e. The summed E-state index contributed by atoms with van der Waals surface area (Å²) in [6, 6.07) is 29.5. The number of alkyl carbamates (subject to hydrolysis) is 1. The zero-order valence-corrected chi connectivity index (χ0v) is 59.9. The fourth-order valence-electron chi connectivity index (χ4n) is 8.17. The van der Waals surface area contributed by atoms with Crippen LogP contribution in [0.25, 0.3) is 0 Å². The zero-order chi connectivity index (χ0) is 70.4. The summed E-state index contributed by atoms with van der Waals surface area (Å²) in [4.78, 5) is 99.5. The second kappa shape index (κ2) is 42.4. The minimum atomic E-state index is -0.962. The van der Waals surface area contributed by atoms with E-state index in [2.05, 4.69) is 41.5 Å². The number of hydrogen-bond acceptors (Lipinski definition) is 21. The van der Waals surface area contributed by atoms with Gasteiger partial charge in [-0.05, 0) is 92.8 Å². The van der Waals surface area contributed by atoms with Crippen molar-refractivity contribution in [1.29, 1.82) is 0 Å². The van der Waals surface area contributed by atoms with Crippen LogP contribution in [0.15, 0.2) is 153 Å². The summed E-state index contributed by atoms with van der Waals surface area (Å²) in [5.74, 6) is 0.736. The number of nitrogens with two attached hydrogens (primary N) is 3. The Balaban J connectivity index is 0.000000430. The second-order valence-electron chi connectivity index (χ2n) is 21.9. The summed E-state index contributed by atoms with van der Waals surface area (Å²) in [7, 11) is 0. The van der Waals surface area contributed by atoms with Crippen LogP contribution in [-0.4, -0.2) is 75.3 Å². The molecule has 28 nitrogen and oxygen atoms in total. The van der Waals surface area contributed by atoms with Crippen LogP contribution in [0.2, 0.25) is 5.02 Å². The topological polar surface area (TPSA) is 430 Å². The fourth-order valence-corrected chi connectivity index (χ4v) is 8.78. The van der Waals surface area contributed by atoms with Crippen molar-refractivity contribution in [1.82, 2.24) is 25.6 Å². The molecule has 8 aromatic rings. The Kier molecular flexibility index (Phi) is 36.7. The number of nitrogens with zero attached hydrogens (tertiary/aromatic N) is 7. The predicted molar refractivity (Wildman–Crippen MR) is 377 cm³/mol. The van der Waals surface area contributed by atoms with Gasteiger partial charge in [0.1, 0.15) is 42.3 Å². The number of benzene rings is 5. The molecule has 8 rings (SSSR count). The molecule has 3 heterocycles. The Morgan fingerprint density at radius 1 is 0.557 bits per heavy atom. The number of aryl methyl sites for hydroxylation is 3. The molecular formula is C65H78Br3ClN12O16. The van der Waals surface area contributed by atoms with Crippen LogP contribution in [0, 0.1) is 40.5 Å². The number of nitrogens with one attached hydrogen (secondary N) is 2. The van der Waals surface area contributed by atoms with Gasteiger partial charge in [0.15, 0.2) is 0 Å². The first kappa shape index (κ1) is 83.9. The van der Waals surface area contributed by atoms with E-state index < -0.39 is 49.4 Å². The maximum Gasteiger partial charge on any atom is 0.408 e. The van der Waals surface area contributed by atoms with Crippen LogP contribution in [0.1, 0.15) is 136 Å². The number of ketones is 1. The summed E-state index contributed by atoms with van der Waals surface area (Å²) in [6.07, 6.45) is 8.71. The summed E-state index contributed by atoms with van der Waals surface area (Å²) in [5.41, 5.74) is 23.3. The molecule has 0 bridgehead atoms. The Labute approximate surface area is 593 Å². The molecule has 0 radical (unpaired) electrons. The highest BCUT2D eigenvalue weighted by molar-refractivity contribution is 9.09. The van der Waals surface area contributed by atoms with Gasteiger partial charge in [0, 0.05) is 72.8 Å². The number of carbonyl (C=O) groups is 4. The lowest BCUT2D eigenvalue weighted by Crippen LogP contribution is -2.47. The highest BCUT2D eigenvalue weighted by Crippen LogP contribution is 2.24. The van der Waals surface area contributed by atoms with Gasteiger partial charge in [-0.25, -0.2) is 19.7 Å². The number of primary amides is 1. The van der Waals surface area contributed by atoms with E-state index in [4.69, 9.17) is 46.8 Å². The molecule has 8 N–H and O–H groups in total. The van der Waals surface area contributed by atoms with Gasteiger partial charge in [-0.1, -0.05) is 116 Å². The van der Waals surface area contributed by atoms with E-state index in [0.29, 0.717) is 65.7 Å². The van der Waals surface area contributed by atoms with E-state index in [-0.39, 0.29) is 93.3 Å². The maximum atomic E-state index is 12.6. The molecule has 0 spiro atoms. The van der Waals surface area contributed by atoms with Gasteiger partial charge in [0.05, 0.1) is 60.6 Å². The summed E-state index contributed by atoms with van der Waals surface area (Å²) >= 11 is 9.01. The van der Waals surface area contributed by atoms with E-state index in [0.717, 1.165) is 52.2 Å². The lowest BCUT2D eigenvalue weighted by atomic mass is 10.0. The zero-order valence-electron chi connectivity index (χ0n) is 54.1. The van der Waals surface area contributed by atoms with Gasteiger partial charge in [-0.15, -0.1) is 34.0 Å². The molecule has 5 aromatic carbocycles. The van der Waals surface area contributed by atoms with Crippen LogP contribution < -0.4 is 27.8 Å². The highest BCUT2D eigenvalue weighted by atomic mass is 79.9. The smallest absolute Gasteiger partial charge is 0.408 e. The Bertz CT molecular complexity index is 3690. The third kappa shape index (κ3) is 30.6. The van der Waals surface area contributed by atoms with Gasteiger partial charge in [-0.2, -0.15) is 0 Å². The Morgan fingerprint density at radius 2 is 0.918 bits per heavy atom. The lowest BCUT2D eigenvalue weighted by Gasteiger charge is -2.22. The first-order valence-electron chi connectivity index (χ1n) is 29.7. The van der Waals surface area contributed by atoms with E-state index in [1.807, 2.05) is 33.8 Å².